The Balaban J connectivity index is 2.06. The van der Waals surface area contributed by atoms with Crippen LogP contribution in [-0.4, -0.2) is 40.9 Å². The van der Waals surface area contributed by atoms with Gasteiger partial charge in [-0.05, 0) is 5.56 Å². The van der Waals surface area contributed by atoms with Gasteiger partial charge in [-0.2, -0.15) is 23.2 Å². The molecule has 136 valence electrons. The molecule has 0 N–H and O–H groups in total. The molecule has 0 atom stereocenters. The third-order valence-electron chi connectivity index (χ3n) is 2.93. The molecule has 0 saturated carbocycles. The van der Waals surface area contributed by atoms with Crippen LogP contribution in [0.4, 0.5) is 18.0 Å². The quantitative estimate of drug-likeness (QED) is 0.564. The van der Waals surface area contributed by atoms with Crippen LogP contribution in [-0.2, 0) is 22.3 Å². The van der Waals surface area contributed by atoms with Gasteiger partial charge in [0.15, 0.2) is 0 Å². The molecule has 0 unspecified atom stereocenters. The summed E-state index contributed by atoms with van der Waals surface area (Å²) in [5, 5.41) is 4.26. The van der Waals surface area contributed by atoms with Crippen LogP contribution in [0.2, 0.25) is 0 Å². The maximum atomic E-state index is 12.5. The summed E-state index contributed by atoms with van der Waals surface area (Å²) >= 11 is 5.43. The molecular weight excluding hydrogens is 367 g/mol. The monoisotopic (exact) mass is 379 g/mol. The lowest BCUT2D eigenvalue weighted by Crippen LogP contribution is -2.30. The van der Waals surface area contributed by atoms with Crippen molar-refractivity contribution < 1.29 is 32.1 Å². The predicted molar refractivity (Wildman–Crippen MR) is 79.4 cm³/mol. The molecule has 2 rings (SSSR count). The minimum Gasteiger partial charge on any atom is -0.447 e. The highest BCUT2D eigenvalue weighted by atomic mass is 35.5. The van der Waals surface area contributed by atoms with Crippen LogP contribution in [0.25, 0.3) is 11.4 Å². The lowest BCUT2D eigenvalue weighted by Gasteiger charge is -2.19. The summed E-state index contributed by atoms with van der Waals surface area (Å²) in [5.74, 6) is -1.45. The second-order valence-corrected chi connectivity index (χ2v) is 5.02. The second-order valence-electron chi connectivity index (χ2n) is 4.64. The van der Waals surface area contributed by atoms with Crippen molar-refractivity contribution in [1.29, 1.82) is 0 Å². The standard InChI is InChI=1S/C14H13ClF3N3O4/c1-23-21(13(22)24-7-6-15)8-9-2-4-10(5-3-9)11-19-12(25-20-11)14(16,17)18/h2-5H,6-8H2,1H3. The molecule has 11 heteroatoms. The fraction of sp³-hybridized carbons (Fsp3) is 0.357. The molecule has 0 saturated heterocycles. The molecule has 25 heavy (non-hydrogen) atoms. The van der Waals surface area contributed by atoms with E-state index in [1.807, 2.05) is 0 Å². The molecule has 1 aromatic carbocycles. The molecule has 1 aromatic heterocycles. The highest BCUT2D eigenvalue weighted by molar-refractivity contribution is 6.18. The first-order chi connectivity index (χ1) is 11.8. The summed E-state index contributed by atoms with van der Waals surface area (Å²) in [6.45, 7) is 0.108. The minimum atomic E-state index is -4.70. The van der Waals surface area contributed by atoms with Crippen molar-refractivity contribution >= 4 is 17.7 Å². The van der Waals surface area contributed by atoms with Crippen molar-refractivity contribution in [2.45, 2.75) is 12.7 Å². The molecule has 0 bridgehead atoms. The van der Waals surface area contributed by atoms with Gasteiger partial charge in [0.1, 0.15) is 6.61 Å². The molecule has 1 amide bonds. The van der Waals surface area contributed by atoms with Crippen molar-refractivity contribution in [2.24, 2.45) is 0 Å². The van der Waals surface area contributed by atoms with Gasteiger partial charge < -0.3 is 9.26 Å². The first-order valence-electron chi connectivity index (χ1n) is 6.89. The third-order valence-corrected chi connectivity index (χ3v) is 3.09. The maximum Gasteiger partial charge on any atom is 0.471 e. The zero-order chi connectivity index (χ0) is 18.4. The van der Waals surface area contributed by atoms with E-state index in [0.717, 1.165) is 5.06 Å². The SMILES string of the molecule is CON(Cc1ccc(-c2noc(C(F)(F)F)n2)cc1)C(=O)OCCCl. The van der Waals surface area contributed by atoms with E-state index in [4.69, 9.17) is 21.2 Å². The topological polar surface area (TPSA) is 77.7 Å². The van der Waals surface area contributed by atoms with E-state index in [1.54, 1.807) is 12.1 Å². The highest BCUT2D eigenvalue weighted by Crippen LogP contribution is 2.29. The number of amides is 1. The van der Waals surface area contributed by atoms with Gasteiger partial charge in [-0.15, -0.1) is 11.6 Å². The molecule has 2 aromatic rings. The Morgan fingerprint density at radius 3 is 2.52 bits per heavy atom. The summed E-state index contributed by atoms with van der Waals surface area (Å²) in [6, 6.07) is 6.16. The summed E-state index contributed by atoms with van der Waals surface area (Å²) in [6.07, 6.45) is -5.41. The fourth-order valence-corrected chi connectivity index (χ4v) is 1.86. The van der Waals surface area contributed by atoms with Gasteiger partial charge in [-0.25, -0.2) is 4.79 Å². The Morgan fingerprint density at radius 1 is 1.32 bits per heavy atom. The molecule has 0 aliphatic carbocycles. The molecule has 0 radical (unpaired) electrons. The van der Waals surface area contributed by atoms with Gasteiger partial charge in [0, 0.05) is 5.56 Å². The number of ether oxygens (including phenoxy) is 1. The van der Waals surface area contributed by atoms with Gasteiger partial charge in [0.2, 0.25) is 5.82 Å². The number of hydroxylamine groups is 2. The lowest BCUT2D eigenvalue weighted by molar-refractivity contribution is -0.159. The third kappa shape index (κ3) is 5.07. The Morgan fingerprint density at radius 2 is 2.00 bits per heavy atom. The van der Waals surface area contributed by atoms with Crippen LogP contribution in [0.3, 0.4) is 0 Å². The van der Waals surface area contributed by atoms with Gasteiger partial charge in [0.25, 0.3) is 0 Å². The van der Waals surface area contributed by atoms with Crippen LogP contribution < -0.4 is 0 Å². The van der Waals surface area contributed by atoms with Crippen molar-refractivity contribution in [1.82, 2.24) is 15.2 Å². The normalized spacial score (nSPS) is 11.4. The average molecular weight is 380 g/mol. The number of hydrogen-bond donors (Lipinski definition) is 0. The zero-order valence-electron chi connectivity index (χ0n) is 12.9. The van der Waals surface area contributed by atoms with E-state index in [0.29, 0.717) is 11.1 Å². The number of alkyl halides is 4. The average Bonchev–Trinajstić information content (AvgIpc) is 3.08. The Bertz CT molecular complexity index is 706. The minimum absolute atomic E-state index is 0.0402. The Labute approximate surface area is 145 Å². The first kappa shape index (κ1) is 19.0. The number of rotatable bonds is 6. The Kier molecular flexibility index (Phi) is 6.21. The molecule has 0 aliphatic heterocycles. The van der Waals surface area contributed by atoms with Crippen LogP contribution in [0.1, 0.15) is 11.5 Å². The molecular formula is C14H13ClF3N3O4. The molecule has 0 aliphatic rings. The van der Waals surface area contributed by atoms with E-state index in [-0.39, 0.29) is 24.9 Å². The Hall–Kier alpha value is -2.33. The van der Waals surface area contributed by atoms with Crippen LogP contribution in [0.5, 0.6) is 0 Å². The summed E-state index contributed by atoms with van der Waals surface area (Å²) in [4.78, 5) is 19.9. The number of hydrogen-bond acceptors (Lipinski definition) is 6. The first-order valence-corrected chi connectivity index (χ1v) is 7.43. The van der Waals surface area contributed by atoms with Crippen molar-refractivity contribution in [3.8, 4) is 11.4 Å². The van der Waals surface area contributed by atoms with Crippen LogP contribution in [0.15, 0.2) is 28.8 Å². The van der Waals surface area contributed by atoms with Crippen LogP contribution >= 0.6 is 11.6 Å². The summed E-state index contributed by atoms with van der Waals surface area (Å²) in [5.41, 5.74) is 0.977. The maximum absolute atomic E-state index is 12.5. The summed E-state index contributed by atoms with van der Waals surface area (Å²) < 4.78 is 46.4. The highest BCUT2D eigenvalue weighted by Gasteiger charge is 2.38. The van der Waals surface area contributed by atoms with Crippen molar-refractivity contribution in [3.05, 3.63) is 35.7 Å². The van der Waals surface area contributed by atoms with E-state index in [1.165, 1.54) is 19.2 Å². The van der Waals surface area contributed by atoms with Crippen molar-refractivity contribution in [3.63, 3.8) is 0 Å². The van der Waals surface area contributed by atoms with Gasteiger partial charge in [-0.3, -0.25) is 4.84 Å². The van der Waals surface area contributed by atoms with E-state index < -0.39 is 18.2 Å². The summed E-state index contributed by atoms with van der Waals surface area (Å²) in [7, 11) is 1.30. The lowest BCUT2D eigenvalue weighted by atomic mass is 10.1. The molecule has 1 heterocycles. The predicted octanol–water partition coefficient (Wildman–Crippen LogP) is 3.49. The molecule has 7 nitrogen and oxygen atoms in total. The fourth-order valence-electron chi connectivity index (χ4n) is 1.78. The number of halogens is 4. The van der Waals surface area contributed by atoms with E-state index in [2.05, 4.69) is 14.7 Å². The van der Waals surface area contributed by atoms with Gasteiger partial charge in [0.05, 0.1) is 19.5 Å². The van der Waals surface area contributed by atoms with Gasteiger partial charge >= 0.3 is 18.2 Å². The number of carbonyl (C=O) groups is 1. The van der Waals surface area contributed by atoms with E-state index >= 15 is 0 Å². The van der Waals surface area contributed by atoms with Crippen molar-refractivity contribution in [2.75, 3.05) is 19.6 Å². The number of aromatic nitrogens is 2. The second kappa shape index (κ2) is 8.17. The number of nitrogens with zero attached hydrogens (tertiary/aromatic N) is 3. The smallest absolute Gasteiger partial charge is 0.447 e. The molecule has 0 fully saturated rings. The zero-order valence-corrected chi connectivity index (χ0v) is 13.7. The van der Waals surface area contributed by atoms with Crippen LogP contribution in [0, 0.1) is 0 Å². The van der Waals surface area contributed by atoms with Gasteiger partial charge in [-0.1, -0.05) is 29.4 Å². The number of carbonyl (C=O) groups excluding carboxylic acids is 1. The molecule has 0 spiro atoms. The largest absolute Gasteiger partial charge is 0.471 e. The number of benzene rings is 1. The van der Waals surface area contributed by atoms with E-state index in [9.17, 15) is 18.0 Å².